The van der Waals surface area contributed by atoms with Crippen LogP contribution in [0.4, 0.5) is 5.82 Å². The van der Waals surface area contributed by atoms with Gasteiger partial charge in [-0.2, -0.15) is 0 Å². The lowest BCUT2D eigenvalue weighted by Crippen LogP contribution is -2.35. The molecular weight excluding hydrogens is 256 g/mol. The van der Waals surface area contributed by atoms with Crippen molar-refractivity contribution in [3.63, 3.8) is 0 Å². The maximum absolute atomic E-state index is 4.48. The first-order valence-electron chi connectivity index (χ1n) is 6.81. The summed E-state index contributed by atoms with van der Waals surface area (Å²) in [6.45, 7) is 11.5. The van der Waals surface area contributed by atoms with Gasteiger partial charge in [0.25, 0.3) is 0 Å². The summed E-state index contributed by atoms with van der Waals surface area (Å²) in [7, 11) is 0. The first kappa shape index (κ1) is 14.2. The van der Waals surface area contributed by atoms with Gasteiger partial charge in [0.05, 0.1) is 5.39 Å². The third-order valence-corrected chi connectivity index (χ3v) is 4.01. The number of thiophene rings is 1. The standard InChI is InChI=1S/C14H22N4S/c1-5-18(7-6-15-10(2)3)13-12-8-11(4)19-14(12)17-9-16-13/h8-10,15H,5-7H2,1-4H3. The van der Waals surface area contributed by atoms with Crippen molar-refractivity contribution in [1.29, 1.82) is 0 Å². The summed E-state index contributed by atoms with van der Waals surface area (Å²) in [5.41, 5.74) is 0. The molecule has 0 unspecified atom stereocenters. The van der Waals surface area contributed by atoms with Crippen LogP contribution in [0.15, 0.2) is 12.4 Å². The molecule has 0 bridgehead atoms. The van der Waals surface area contributed by atoms with Gasteiger partial charge in [0.15, 0.2) is 0 Å². The highest BCUT2D eigenvalue weighted by atomic mass is 32.1. The Morgan fingerprint density at radius 3 is 2.84 bits per heavy atom. The van der Waals surface area contributed by atoms with E-state index >= 15 is 0 Å². The van der Waals surface area contributed by atoms with Gasteiger partial charge in [0.2, 0.25) is 0 Å². The van der Waals surface area contributed by atoms with Gasteiger partial charge in [-0.1, -0.05) is 13.8 Å². The third kappa shape index (κ3) is 3.42. The number of anilines is 1. The Hall–Kier alpha value is -1.20. The van der Waals surface area contributed by atoms with E-state index in [4.69, 9.17) is 0 Å². The number of aryl methyl sites for hydroxylation is 1. The maximum atomic E-state index is 4.48. The van der Waals surface area contributed by atoms with Crippen LogP contribution in [0.25, 0.3) is 10.2 Å². The van der Waals surface area contributed by atoms with E-state index in [1.807, 2.05) is 0 Å². The van der Waals surface area contributed by atoms with Crippen LogP contribution in [0.1, 0.15) is 25.6 Å². The van der Waals surface area contributed by atoms with Gasteiger partial charge >= 0.3 is 0 Å². The second-order valence-electron chi connectivity index (χ2n) is 4.96. The van der Waals surface area contributed by atoms with Gasteiger partial charge in [-0.15, -0.1) is 11.3 Å². The predicted molar refractivity (Wildman–Crippen MR) is 83.2 cm³/mol. The Bertz CT molecular complexity index is 535. The molecule has 19 heavy (non-hydrogen) atoms. The van der Waals surface area contributed by atoms with Crippen molar-refractivity contribution in [2.75, 3.05) is 24.5 Å². The molecule has 104 valence electrons. The summed E-state index contributed by atoms with van der Waals surface area (Å²) in [6.07, 6.45) is 1.67. The first-order valence-corrected chi connectivity index (χ1v) is 7.63. The highest BCUT2D eigenvalue weighted by Gasteiger charge is 2.12. The monoisotopic (exact) mass is 278 g/mol. The zero-order valence-corrected chi connectivity index (χ0v) is 12.9. The van der Waals surface area contributed by atoms with Gasteiger partial charge in [-0.3, -0.25) is 0 Å². The molecule has 0 aliphatic rings. The van der Waals surface area contributed by atoms with Crippen molar-refractivity contribution in [3.8, 4) is 0 Å². The summed E-state index contributed by atoms with van der Waals surface area (Å²) in [5, 5.41) is 4.63. The smallest absolute Gasteiger partial charge is 0.140 e. The van der Waals surface area contributed by atoms with Crippen LogP contribution < -0.4 is 10.2 Å². The lowest BCUT2D eigenvalue weighted by Gasteiger charge is -2.23. The maximum Gasteiger partial charge on any atom is 0.140 e. The van der Waals surface area contributed by atoms with Gasteiger partial charge < -0.3 is 10.2 Å². The molecule has 0 amide bonds. The Balaban J connectivity index is 2.20. The fourth-order valence-electron chi connectivity index (χ4n) is 2.12. The number of hydrogen-bond acceptors (Lipinski definition) is 5. The molecule has 2 aromatic rings. The fourth-order valence-corrected chi connectivity index (χ4v) is 2.96. The van der Waals surface area contributed by atoms with Crippen molar-refractivity contribution in [2.24, 2.45) is 0 Å². The largest absolute Gasteiger partial charge is 0.355 e. The number of nitrogens with zero attached hydrogens (tertiary/aromatic N) is 3. The third-order valence-electron chi connectivity index (χ3n) is 3.05. The van der Waals surface area contributed by atoms with E-state index in [0.717, 1.165) is 30.3 Å². The molecule has 0 aliphatic heterocycles. The molecule has 0 spiro atoms. The second kappa shape index (κ2) is 6.30. The van der Waals surface area contributed by atoms with Crippen LogP contribution in [0.3, 0.4) is 0 Å². The molecular formula is C14H22N4S. The molecule has 0 aromatic carbocycles. The molecule has 0 saturated carbocycles. The van der Waals surface area contributed by atoms with Gasteiger partial charge in [0.1, 0.15) is 17.0 Å². The Morgan fingerprint density at radius 2 is 2.16 bits per heavy atom. The lowest BCUT2D eigenvalue weighted by atomic mass is 10.3. The molecule has 0 saturated heterocycles. The van der Waals surface area contributed by atoms with Gasteiger partial charge in [-0.25, -0.2) is 9.97 Å². The van der Waals surface area contributed by atoms with Crippen LogP contribution in [0.2, 0.25) is 0 Å². The highest BCUT2D eigenvalue weighted by molar-refractivity contribution is 7.18. The van der Waals surface area contributed by atoms with E-state index < -0.39 is 0 Å². The van der Waals surface area contributed by atoms with Crippen molar-refractivity contribution >= 4 is 27.4 Å². The van der Waals surface area contributed by atoms with E-state index in [0.29, 0.717) is 6.04 Å². The molecule has 0 radical (unpaired) electrons. The predicted octanol–water partition coefficient (Wildman–Crippen LogP) is 2.82. The molecule has 0 aliphatic carbocycles. The van der Waals surface area contributed by atoms with Gasteiger partial charge in [0, 0.05) is 30.6 Å². The summed E-state index contributed by atoms with van der Waals surface area (Å²) in [6, 6.07) is 2.71. The minimum absolute atomic E-state index is 0.521. The second-order valence-corrected chi connectivity index (χ2v) is 6.20. The average molecular weight is 278 g/mol. The molecule has 1 N–H and O–H groups in total. The van der Waals surface area contributed by atoms with Crippen molar-refractivity contribution in [2.45, 2.75) is 33.7 Å². The number of aromatic nitrogens is 2. The normalized spacial score (nSPS) is 11.4. The zero-order valence-electron chi connectivity index (χ0n) is 12.1. The number of fused-ring (bicyclic) bond motifs is 1. The first-order chi connectivity index (χ1) is 9.11. The quantitative estimate of drug-likeness (QED) is 0.882. The lowest BCUT2D eigenvalue weighted by molar-refractivity contribution is 0.582. The van der Waals surface area contributed by atoms with Gasteiger partial charge in [-0.05, 0) is 19.9 Å². The molecule has 0 fully saturated rings. The van der Waals surface area contributed by atoms with Crippen LogP contribution in [-0.4, -0.2) is 35.6 Å². The SMILES string of the molecule is CCN(CCNC(C)C)c1ncnc2sc(C)cc12. The number of rotatable bonds is 6. The van der Waals surface area contributed by atoms with Crippen LogP contribution in [-0.2, 0) is 0 Å². The average Bonchev–Trinajstić information content (AvgIpc) is 2.74. The number of hydrogen-bond donors (Lipinski definition) is 1. The fraction of sp³-hybridized carbons (Fsp3) is 0.571. The number of likely N-dealkylation sites (N-methyl/N-ethyl adjacent to an activating group) is 1. The Kier molecular flexibility index (Phi) is 4.71. The molecule has 2 heterocycles. The van der Waals surface area contributed by atoms with Crippen molar-refractivity contribution < 1.29 is 0 Å². The summed E-state index contributed by atoms with van der Waals surface area (Å²) in [5.74, 6) is 1.06. The summed E-state index contributed by atoms with van der Waals surface area (Å²) < 4.78 is 0. The zero-order chi connectivity index (χ0) is 13.8. The van der Waals surface area contributed by atoms with E-state index in [2.05, 4.69) is 53.9 Å². The summed E-state index contributed by atoms with van der Waals surface area (Å²) in [4.78, 5) is 13.5. The topological polar surface area (TPSA) is 41.0 Å². The summed E-state index contributed by atoms with van der Waals surface area (Å²) >= 11 is 1.73. The molecule has 2 rings (SSSR count). The molecule has 0 atom stereocenters. The van der Waals surface area contributed by atoms with Crippen LogP contribution >= 0.6 is 11.3 Å². The molecule has 2 aromatic heterocycles. The van der Waals surface area contributed by atoms with E-state index in [1.54, 1.807) is 17.7 Å². The number of nitrogens with one attached hydrogen (secondary N) is 1. The Morgan fingerprint density at radius 1 is 1.37 bits per heavy atom. The minimum Gasteiger partial charge on any atom is -0.355 e. The van der Waals surface area contributed by atoms with Crippen molar-refractivity contribution in [3.05, 3.63) is 17.3 Å². The minimum atomic E-state index is 0.521. The van der Waals surface area contributed by atoms with E-state index in [9.17, 15) is 0 Å². The van der Waals surface area contributed by atoms with E-state index in [-0.39, 0.29) is 0 Å². The van der Waals surface area contributed by atoms with Crippen LogP contribution in [0.5, 0.6) is 0 Å². The van der Waals surface area contributed by atoms with E-state index in [1.165, 1.54) is 10.3 Å². The molecule has 5 heteroatoms. The van der Waals surface area contributed by atoms with Crippen molar-refractivity contribution in [1.82, 2.24) is 15.3 Å². The highest BCUT2D eigenvalue weighted by Crippen LogP contribution is 2.29. The van der Waals surface area contributed by atoms with Crippen LogP contribution in [0, 0.1) is 6.92 Å². The Labute approximate surface area is 118 Å². The molecule has 4 nitrogen and oxygen atoms in total.